The molecular formula is C8H14CuLi2. The minimum absolute atomic E-state index is 0. The van der Waals surface area contributed by atoms with E-state index in [4.69, 9.17) is 0 Å². The molecule has 0 nitrogen and oxygen atoms in total. The second-order valence-corrected chi connectivity index (χ2v) is 1.15. The molecule has 0 saturated heterocycles. The molecule has 0 aromatic carbocycles. The Labute approximate surface area is 106 Å². The Bertz CT molecular complexity index is 48.1. The van der Waals surface area contributed by atoms with Gasteiger partial charge < -0.3 is 13.8 Å². The summed E-state index contributed by atoms with van der Waals surface area (Å²) in [5.74, 6) is 0. The molecule has 0 fully saturated rings. The predicted molar refractivity (Wildman–Crippen MR) is 40.3 cm³/mol. The fourth-order valence-electron chi connectivity index (χ4n) is 0. The zero-order chi connectivity index (χ0) is 6.83. The van der Waals surface area contributed by atoms with Crippen LogP contribution in [0.3, 0.4) is 0 Å². The van der Waals surface area contributed by atoms with Crippen molar-refractivity contribution in [3.63, 3.8) is 0 Å². The summed E-state index contributed by atoms with van der Waals surface area (Å²) >= 11 is 0. The van der Waals surface area contributed by atoms with E-state index in [1.54, 1.807) is 12.2 Å². The van der Waals surface area contributed by atoms with Crippen LogP contribution in [-0.4, -0.2) is 0 Å². The van der Waals surface area contributed by atoms with Crippen LogP contribution in [0.4, 0.5) is 0 Å². The van der Waals surface area contributed by atoms with Crippen LogP contribution < -0.4 is 37.7 Å². The molecular weight excluding hydrogens is 174 g/mol. The summed E-state index contributed by atoms with van der Waals surface area (Å²) in [6, 6.07) is 0. The molecule has 11 heavy (non-hydrogen) atoms. The van der Waals surface area contributed by atoms with E-state index < -0.39 is 0 Å². The molecule has 0 aliphatic rings. The van der Waals surface area contributed by atoms with Crippen LogP contribution >= 0.6 is 0 Å². The maximum Gasteiger partial charge on any atom is 1.00 e. The Kier molecular flexibility index (Phi) is 116. The average Bonchev–Trinajstić information content (AvgIpc) is 1.88. The molecule has 3 heteroatoms. The minimum atomic E-state index is 0. The van der Waals surface area contributed by atoms with Crippen LogP contribution in [-0.2, 0) is 17.1 Å². The molecule has 0 heterocycles. The van der Waals surface area contributed by atoms with Crippen LogP contribution in [0, 0.1) is 13.8 Å². The topological polar surface area (TPSA) is 0 Å². The van der Waals surface area contributed by atoms with Gasteiger partial charge >= 0.3 is 37.7 Å². The molecule has 0 aliphatic carbocycles. The van der Waals surface area contributed by atoms with Gasteiger partial charge in [0.2, 0.25) is 0 Å². The van der Waals surface area contributed by atoms with E-state index in [1.807, 2.05) is 0 Å². The van der Waals surface area contributed by atoms with Crippen molar-refractivity contribution in [3.8, 4) is 0 Å². The Morgan fingerprint density at radius 1 is 0.909 bits per heavy atom. The van der Waals surface area contributed by atoms with Crippen LogP contribution in [0.25, 0.3) is 0 Å². The molecule has 0 unspecified atom stereocenters. The molecule has 0 bridgehead atoms. The first-order chi connectivity index (χ1) is 3.83. The van der Waals surface area contributed by atoms with Crippen LogP contribution in [0.15, 0.2) is 25.3 Å². The van der Waals surface area contributed by atoms with Crippen molar-refractivity contribution >= 4 is 0 Å². The third-order valence-electron chi connectivity index (χ3n) is 0.408. The summed E-state index contributed by atoms with van der Waals surface area (Å²) < 4.78 is 0. The molecule has 0 amide bonds. The third kappa shape index (κ3) is 92.7. The van der Waals surface area contributed by atoms with Gasteiger partial charge in [-0.05, 0) is 0 Å². The largest absolute Gasteiger partial charge is 1.00 e. The van der Waals surface area contributed by atoms with E-state index in [2.05, 4.69) is 27.0 Å². The smallest absolute Gasteiger partial charge is 0.340 e. The molecule has 0 atom stereocenters. The zero-order valence-corrected chi connectivity index (χ0v) is 8.64. The van der Waals surface area contributed by atoms with Gasteiger partial charge in [-0.25, -0.2) is 0 Å². The standard InChI is InChI=1S/2C4H7.Cu.2Li/c2*1-3-4-2;;;/h2*3H,1-2,4H2;;;/q2*-1;;2*+1. The number of hydrogen-bond donors (Lipinski definition) is 0. The average molecular weight is 188 g/mol. The van der Waals surface area contributed by atoms with Crippen molar-refractivity contribution in [2.75, 3.05) is 0 Å². The van der Waals surface area contributed by atoms with Gasteiger partial charge in [0.15, 0.2) is 0 Å². The van der Waals surface area contributed by atoms with E-state index in [0.29, 0.717) is 0 Å². The normalized spacial score (nSPS) is 4.55. The number of rotatable bonds is 2. The Hall–Kier alpha value is 1.19. The first-order valence-electron chi connectivity index (χ1n) is 2.63. The van der Waals surface area contributed by atoms with E-state index in [9.17, 15) is 0 Å². The fourth-order valence-corrected chi connectivity index (χ4v) is 0. The van der Waals surface area contributed by atoms with Crippen molar-refractivity contribution in [1.82, 2.24) is 0 Å². The minimum Gasteiger partial charge on any atom is -0.340 e. The van der Waals surface area contributed by atoms with Gasteiger partial charge in [-0.1, -0.05) is 0 Å². The molecule has 0 aliphatic heterocycles. The number of hydrogen-bond acceptors (Lipinski definition) is 0. The SMILES string of the molecule is C=CC[CH2-].C=CC[CH2-].[Cu].[Li+].[Li+]. The first kappa shape index (κ1) is 29.5. The molecule has 0 N–H and O–H groups in total. The second-order valence-electron chi connectivity index (χ2n) is 1.15. The summed E-state index contributed by atoms with van der Waals surface area (Å²) in [5, 5.41) is 0. The fraction of sp³-hybridized carbons (Fsp3) is 0.250. The summed E-state index contributed by atoms with van der Waals surface area (Å²) in [6.07, 6.45) is 5.19. The monoisotopic (exact) mass is 187 g/mol. The molecule has 0 aromatic heterocycles. The summed E-state index contributed by atoms with van der Waals surface area (Å²) in [6.45, 7) is 13.8. The summed E-state index contributed by atoms with van der Waals surface area (Å²) in [4.78, 5) is 0. The second kappa shape index (κ2) is 43.1. The molecule has 0 aromatic rings. The van der Waals surface area contributed by atoms with Crippen molar-refractivity contribution in [2.24, 2.45) is 0 Å². The summed E-state index contributed by atoms with van der Waals surface area (Å²) in [7, 11) is 0. The van der Waals surface area contributed by atoms with Crippen LogP contribution in [0.5, 0.6) is 0 Å². The Morgan fingerprint density at radius 2 is 1.00 bits per heavy atom. The van der Waals surface area contributed by atoms with Gasteiger partial charge in [0.1, 0.15) is 0 Å². The molecule has 1 radical (unpaired) electrons. The maximum absolute atomic E-state index is 3.49. The Balaban J connectivity index is -0.0000000171. The van der Waals surface area contributed by atoms with Gasteiger partial charge in [0.05, 0.1) is 0 Å². The quantitative estimate of drug-likeness (QED) is 0.243. The third-order valence-corrected chi connectivity index (χ3v) is 0.408. The molecule has 59 valence electrons. The van der Waals surface area contributed by atoms with Crippen molar-refractivity contribution in [2.45, 2.75) is 12.8 Å². The predicted octanol–water partition coefficient (Wildman–Crippen LogP) is -3.20. The molecule has 0 spiro atoms. The maximum atomic E-state index is 3.49. The van der Waals surface area contributed by atoms with Crippen LogP contribution in [0.2, 0.25) is 0 Å². The summed E-state index contributed by atoms with van der Waals surface area (Å²) in [5.41, 5.74) is 0. The van der Waals surface area contributed by atoms with E-state index in [0.717, 1.165) is 12.8 Å². The van der Waals surface area contributed by atoms with Gasteiger partial charge in [0, 0.05) is 17.1 Å². The van der Waals surface area contributed by atoms with Crippen molar-refractivity contribution < 1.29 is 54.8 Å². The van der Waals surface area contributed by atoms with E-state index in [1.165, 1.54) is 0 Å². The van der Waals surface area contributed by atoms with Crippen molar-refractivity contribution in [1.29, 1.82) is 0 Å². The molecule has 0 rings (SSSR count). The van der Waals surface area contributed by atoms with Gasteiger partial charge in [-0.15, -0.1) is 25.3 Å². The number of allylic oxidation sites excluding steroid dienone is 2. The van der Waals surface area contributed by atoms with E-state index >= 15 is 0 Å². The zero-order valence-electron chi connectivity index (χ0n) is 7.70. The molecule has 0 saturated carbocycles. The van der Waals surface area contributed by atoms with E-state index in [-0.39, 0.29) is 54.8 Å². The van der Waals surface area contributed by atoms with Crippen LogP contribution in [0.1, 0.15) is 12.8 Å². The van der Waals surface area contributed by atoms with Gasteiger partial charge in [-0.3, -0.25) is 0 Å². The van der Waals surface area contributed by atoms with Gasteiger partial charge in [0.25, 0.3) is 0 Å². The van der Waals surface area contributed by atoms with Gasteiger partial charge in [-0.2, -0.15) is 12.8 Å². The van der Waals surface area contributed by atoms with Crippen molar-refractivity contribution in [3.05, 3.63) is 39.2 Å². The first-order valence-corrected chi connectivity index (χ1v) is 2.63. The Morgan fingerprint density at radius 3 is 1.00 bits per heavy atom.